The van der Waals surface area contributed by atoms with Crippen LogP contribution in [0.5, 0.6) is 11.5 Å². The van der Waals surface area contributed by atoms with Crippen molar-refractivity contribution in [1.29, 1.82) is 0 Å². The van der Waals surface area contributed by atoms with Crippen molar-refractivity contribution in [3.05, 3.63) is 24.3 Å². The van der Waals surface area contributed by atoms with E-state index in [0.717, 1.165) is 25.7 Å². The molecule has 2 fully saturated rings. The number of hydrogen-bond donors (Lipinski definition) is 1. The first-order chi connectivity index (χ1) is 10.2. The second kappa shape index (κ2) is 4.91. The second-order valence-corrected chi connectivity index (χ2v) is 6.23. The molecule has 3 unspecified atom stereocenters. The number of nitrogens with zero attached hydrogens (tertiary/aromatic N) is 1. The zero-order valence-electron chi connectivity index (χ0n) is 11.9. The number of ether oxygens (including phenoxy) is 2. The summed E-state index contributed by atoms with van der Waals surface area (Å²) in [6.45, 7) is 0.290. The highest BCUT2D eigenvalue weighted by Crippen LogP contribution is 2.37. The van der Waals surface area contributed by atoms with E-state index in [2.05, 4.69) is 0 Å². The van der Waals surface area contributed by atoms with E-state index in [4.69, 9.17) is 15.2 Å². The Balaban J connectivity index is 1.52. The Morgan fingerprint density at radius 1 is 1.14 bits per heavy atom. The molecule has 0 radical (unpaired) electrons. The molecule has 1 aromatic rings. The lowest BCUT2D eigenvalue weighted by Crippen LogP contribution is -2.55. The maximum Gasteiger partial charge on any atom is 0.267 e. The summed E-state index contributed by atoms with van der Waals surface area (Å²) in [6, 6.07) is 8.29. The van der Waals surface area contributed by atoms with E-state index in [-0.39, 0.29) is 30.6 Å². The topological polar surface area (TPSA) is 64.8 Å². The van der Waals surface area contributed by atoms with Crippen molar-refractivity contribution in [2.45, 2.75) is 49.9 Å². The molecule has 21 heavy (non-hydrogen) atoms. The highest BCUT2D eigenvalue weighted by molar-refractivity contribution is 5.83. The van der Waals surface area contributed by atoms with Gasteiger partial charge in [-0.05, 0) is 37.8 Å². The lowest BCUT2D eigenvalue weighted by molar-refractivity contribution is -0.145. The molecule has 2 bridgehead atoms. The van der Waals surface area contributed by atoms with E-state index in [1.165, 1.54) is 0 Å². The third-order valence-electron chi connectivity index (χ3n) is 4.81. The molecular formula is C16H20N2O3. The molecule has 0 aliphatic carbocycles. The van der Waals surface area contributed by atoms with Crippen LogP contribution in [0.2, 0.25) is 0 Å². The zero-order valence-corrected chi connectivity index (χ0v) is 11.9. The molecule has 2 N–H and O–H groups in total. The standard InChI is InChI=1S/C16H20N2O3/c17-10-7-11-5-6-12(8-10)18(11)16(19)15-9-20-13-3-1-2-4-14(13)21-15/h1-4,10-12,15H,5-9,17H2. The van der Waals surface area contributed by atoms with E-state index in [9.17, 15) is 4.79 Å². The fourth-order valence-electron chi connectivity index (χ4n) is 3.89. The number of rotatable bonds is 1. The number of piperidine rings is 1. The van der Waals surface area contributed by atoms with E-state index < -0.39 is 6.10 Å². The summed E-state index contributed by atoms with van der Waals surface area (Å²) in [4.78, 5) is 14.8. The normalized spacial score (nSPS) is 33.9. The smallest absolute Gasteiger partial charge is 0.267 e. The molecule has 5 nitrogen and oxygen atoms in total. The molecule has 3 atom stereocenters. The maximum atomic E-state index is 12.8. The Kier molecular flexibility index (Phi) is 3.03. The molecule has 4 rings (SSSR count). The Morgan fingerprint density at radius 3 is 2.52 bits per heavy atom. The lowest BCUT2D eigenvalue weighted by atomic mass is 9.97. The molecule has 3 heterocycles. The molecule has 5 heteroatoms. The predicted octanol–water partition coefficient (Wildman–Crippen LogP) is 1.31. The van der Waals surface area contributed by atoms with Crippen LogP contribution in [-0.2, 0) is 4.79 Å². The Labute approximate surface area is 124 Å². The summed E-state index contributed by atoms with van der Waals surface area (Å²) in [5, 5.41) is 0. The monoisotopic (exact) mass is 288 g/mol. The first kappa shape index (κ1) is 13.0. The van der Waals surface area contributed by atoms with Gasteiger partial charge in [-0.2, -0.15) is 0 Å². The lowest BCUT2D eigenvalue weighted by Gasteiger charge is -2.40. The van der Waals surface area contributed by atoms with Crippen molar-refractivity contribution in [3.63, 3.8) is 0 Å². The molecule has 112 valence electrons. The number of benzene rings is 1. The third-order valence-corrected chi connectivity index (χ3v) is 4.81. The molecule has 3 aliphatic rings. The van der Waals surface area contributed by atoms with Crippen LogP contribution in [0.25, 0.3) is 0 Å². The van der Waals surface area contributed by atoms with Gasteiger partial charge in [0.05, 0.1) is 0 Å². The van der Waals surface area contributed by atoms with Crippen molar-refractivity contribution < 1.29 is 14.3 Å². The molecule has 0 spiro atoms. The molecular weight excluding hydrogens is 268 g/mol. The average Bonchev–Trinajstić information content (AvgIpc) is 2.78. The van der Waals surface area contributed by atoms with Crippen LogP contribution < -0.4 is 15.2 Å². The van der Waals surface area contributed by atoms with Crippen molar-refractivity contribution in [2.24, 2.45) is 5.73 Å². The molecule has 0 saturated carbocycles. The van der Waals surface area contributed by atoms with Crippen LogP contribution >= 0.6 is 0 Å². The summed E-state index contributed by atoms with van der Waals surface area (Å²) in [5.41, 5.74) is 6.07. The summed E-state index contributed by atoms with van der Waals surface area (Å²) in [5.74, 6) is 1.43. The van der Waals surface area contributed by atoms with Crippen molar-refractivity contribution in [2.75, 3.05) is 6.61 Å². The molecule has 2 saturated heterocycles. The molecule has 3 aliphatic heterocycles. The minimum atomic E-state index is -0.530. The number of hydrogen-bond acceptors (Lipinski definition) is 4. The SMILES string of the molecule is NC1CC2CCC(C1)N2C(=O)C1COc2ccccc2O1. The van der Waals surface area contributed by atoms with Gasteiger partial charge in [0, 0.05) is 18.1 Å². The fourth-order valence-corrected chi connectivity index (χ4v) is 3.89. The minimum Gasteiger partial charge on any atom is -0.485 e. The second-order valence-electron chi connectivity index (χ2n) is 6.23. The van der Waals surface area contributed by atoms with Gasteiger partial charge in [0.2, 0.25) is 6.10 Å². The van der Waals surface area contributed by atoms with Gasteiger partial charge < -0.3 is 20.1 Å². The van der Waals surface area contributed by atoms with Gasteiger partial charge in [-0.1, -0.05) is 12.1 Å². The van der Waals surface area contributed by atoms with E-state index >= 15 is 0 Å². The summed E-state index contributed by atoms with van der Waals surface area (Å²) < 4.78 is 11.5. The van der Waals surface area contributed by atoms with Gasteiger partial charge in [-0.25, -0.2) is 0 Å². The summed E-state index contributed by atoms with van der Waals surface area (Å²) in [7, 11) is 0. The van der Waals surface area contributed by atoms with Gasteiger partial charge >= 0.3 is 0 Å². The summed E-state index contributed by atoms with van der Waals surface area (Å²) >= 11 is 0. The van der Waals surface area contributed by atoms with E-state index in [0.29, 0.717) is 11.5 Å². The fraction of sp³-hybridized carbons (Fsp3) is 0.562. The number of fused-ring (bicyclic) bond motifs is 3. The molecule has 0 aromatic heterocycles. The van der Waals surface area contributed by atoms with Crippen LogP contribution in [0.15, 0.2) is 24.3 Å². The Hall–Kier alpha value is -1.75. The zero-order chi connectivity index (χ0) is 14.4. The van der Waals surface area contributed by atoms with Crippen LogP contribution in [0.4, 0.5) is 0 Å². The van der Waals surface area contributed by atoms with Gasteiger partial charge in [0.15, 0.2) is 11.5 Å². The first-order valence-electron chi connectivity index (χ1n) is 7.68. The van der Waals surface area contributed by atoms with Crippen molar-refractivity contribution >= 4 is 5.91 Å². The van der Waals surface area contributed by atoms with Crippen LogP contribution in [-0.4, -0.2) is 41.6 Å². The van der Waals surface area contributed by atoms with Gasteiger partial charge in [-0.3, -0.25) is 4.79 Å². The van der Waals surface area contributed by atoms with Crippen LogP contribution in [0.1, 0.15) is 25.7 Å². The van der Waals surface area contributed by atoms with Gasteiger partial charge in [0.25, 0.3) is 5.91 Å². The first-order valence-corrected chi connectivity index (χ1v) is 7.68. The van der Waals surface area contributed by atoms with E-state index in [1.54, 1.807) is 0 Å². The van der Waals surface area contributed by atoms with Crippen molar-refractivity contribution in [3.8, 4) is 11.5 Å². The third kappa shape index (κ3) is 2.16. The van der Waals surface area contributed by atoms with Gasteiger partial charge in [0.1, 0.15) is 6.61 Å². The Morgan fingerprint density at radius 2 is 1.81 bits per heavy atom. The highest BCUT2D eigenvalue weighted by atomic mass is 16.6. The van der Waals surface area contributed by atoms with Crippen LogP contribution in [0.3, 0.4) is 0 Å². The number of nitrogens with two attached hydrogens (primary N) is 1. The number of carbonyl (C=O) groups excluding carboxylic acids is 1. The molecule has 1 amide bonds. The largest absolute Gasteiger partial charge is 0.485 e. The minimum absolute atomic E-state index is 0.0592. The predicted molar refractivity (Wildman–Crippen MR) is 77.2 cm³/mol. The number of para-hydroxylation sites is 2. The number of carbonyl (C=O) groups is 1. The van der Waals surface area contributed by atoms with Crippen molar-refractivity contribution in [1.82, 2.24) is 4.90 Å². The van der Waals surface area contributed by atoms with E-state index in [1.807, 2.05) is 29.2 Å². The average molecular weight is 288 g/mol. The van der Waals surface area contributed by atoms with Crippen LogP contribution in [0, 0.1) is 0 Å². The molecule has 1 aromatic carbocycles. The summed E-state index contributed by atoms with van der Waals surface area (Å²) in [6.07, 6.45) is 3.42. The van der Waals surface area contributed by atoms with Gasteiger partial charge in [-0.15, -0.1) is 0 Å². The maximum absolute atomic E-state index is 12.8. The highest BCUT2D eigenvalue weighted by Gasteiger charge is 2.45. The quantitative estimate of drug-likeness (QED) is 0.846. The number of amides is 1. The Bertz CT molecular complexity index is 548.